The van der Waals surface area contributed by atoms with E-state index in [0.29, 0.717) is 6.54 Å². The van der Waals surface area contributed by atoms with Gasteiger partial charge in [-0.3, -0.25) is 4.79 Å². The van der Waals surface area contributed by atoms with Crippen LogP contribution in [0.5, 0.6) is 0 Å². The maximum Gasteiger partial charge on any atom is 0.228 e. The lowest BCUT2D eigenvalue weighted by Crippen LogP contribution is -2.27. The van der Waals surface area contributed by atoms with E-state index < -0.39 is 0 Å². The van der Waals surface area contributed by atoms with Crippen LogP contribution in [-0.2, 0) is 11.3 Å². The number of carbonyl (C=O) groups is 1. The van der Waals surface area contributed by atoms with Gasteiger partial charge < -0.3 is 4.90 Å². The van der Waals surface area contributed by atoms with E-state index >= 15 is 0 Å². The van der Waals surface area contributed by atoms with Crippen molar-refractivity contribution < 1.29 is 4.79 Å². The molecule has 74 valence electrons. The molecule has 0 unspecified atom stereocenters. The quantitative estimate of drug-likeness (QED) is 0.425. The van der Waals surface area contributed by atoms with Crippen molar-refractivity contribution in [2.75, 3.05) is 13.6 Å². The minimum absolute atomic E-state index is 0.113. The Bertz CT molecular complexity index is 342. The molecule has 1 heterocycles. The zero-order chi connectivity index (χ0) is 10.4. The summed E-state index contributed by atoms with van der Waals surface area (Å²) >= 11 is 1.60. The van der Waals surface area contributed by atoms with Crippen LogP contribution in [0.25, 0.3) is 10.4 Å². The van der Waals surface area contributed by atoms with E-state index in [2.05, 4.69) is 10.0 Å². The number of nitrogens with zero attached hydrogens (tertiary/aromatic N) is 4. The fourth-order valence-electron chi connectivity index (χ4n) is 0.937. The summed E-state index contributed by atoms with van der Waals surface area (Å²) in [7, 11) is 1.69. The van der Waals surface area contributed by atoms with E-state index in [-0.39, 0.29) is 12.5 Å². The van der Waals surface area contributed by atoms with E-state index in [1.165, 1.54) is 0 Å². The second-order valence-electron chi connectivity index (χ2n) is 2.72. The number of hydrogen-bond donors (Lipinski definition) is 0. The molecule has 0 aliphatic rings. The molecule has 1 amide bonds. The lowest BCUT2D eigenvalue weighted by Gasteiger charge is -2.14. The zero-order valence-corrected chi connectivity index (χ0v) is 8.57. The minimum Gasteiger partial charge on any atom is -0.341 e. The Hall–Kier alpha value is -1.52. The molecule has 1 aromatic heterocycles. The molecule has 0 bridgehead atoms. The van der Waals surface area contributed by atoms with Crippen LogP contribution in [0.1, 0.15) is 4.88 Å². The second-order valence-corrected chi connectivity index (χ2v) is 3.75. The number of rotatable bonds is 4. The summed E-state index contributed by atoms with van der Waals surface area (Å²) in [6.07, 6.45) is 0. The standard InChI is InChI=1S/C8H10N4OS/c1-12(8(13)5-10-11-9)6-7-3-2-4-14-7/h2-4H,5-6H2,1H3. The van der Waals surface area contributed by atoms with E-state index in [1.54, 1.807) is 23.3 Å². The molecule has 0 N–H and O–H groups in total. The Kier molecular flexibility index (Phi) is 3.97. The van der Waals surface area contributed by atoms with Crippen LogP contribution in [0.3, 0.4) is 0 Å². The van der Waals surface area contributed by atoms with Gasteiger partial charge in [0.15, 0.2) is 0 Å². The van der Waals surface area contributed by atoms with Crippen LogP contribution < -0.4 is 0 Å². The van der Waals surface area contributed by atoms with Crippen molar-refractivity contribution >= 4 is 17.2 Å². The number of likely N-dealkylation sites (N-methyl/N-ethyl adjacent to an activating group) is 1. The number of thiophene rings is 1. The Morgan fingerprint density at radius 2 is 2.57 bits per heavy atom. The highest BCUT2D eigenvalue weighted by Gasteiger charge is 2.07. The average Bonchev–Trinajstić information content (AvgIpc) is 2.66. The topological polar surface area (TPSA) is 69.1 Å². The van der Waals surface area contributed by atoms with E-state index in [1.807, 2.05) is 17.5 Å². The first-order valence-corrected chi connectivity index (χ1v) is 4.89. The van der Waals surface area contributed by atoms with Crippen LogP contribution >= 0.6 is 11.3 Å². The van der Waals surface area contributed by atoms with Crippen LogP contribution in [0.2, 0.25) is 0 Å². The van der Waals surface area contributed by atoms with E-state index in [0.717, 1.165) is 4.88 Å². The summed E-state index contributed by atoms with van der Waals surface area (Å²) in [5, 5.41) is 5.17. The summed E-state index contributed by atoms with van der Waals surface area (Å²) in [6, 6.07) is 3.90. The van der Waals surface area contributed by atoms with Gasteiger partial charge in [0.1, 0.15) is 6.54 Å². The van der Waals surface area contributed by atoms with Crippen molar-refractivity contribution in [2.45, 2.75) is 6.54 Å². The molecule has 1 rings (SSSR count). The Balaban J connectivity index is 2.45. The molecular weight excluding hydrogens is 200 g/mol. The van der Waals surface area contributed by atoms with Gasteiger partial charge in [0, 0.05) is 16.8 Å². The Morgan fingerprint density at radius 1 is 1.79 bits per heavy atom. The lowest BCUT2D eigenvalue weighted by atomic mass is 10.4. The van der Waals surface area contributed by atoms with Gasteiger partial charge >= 0.3 is 0 Å². The second kappa shape index (κ2) is 5.26. The van der Waals surface area contributed by atoms with Gasteiger partial charge in [0.05, 0.1) is 6.54 Å². The summed E-state index contributed by atoms with van der Waals surface area (Å²) < 4.78 is 0. The van der Waals surface area contributed by atoms with Crippen LogP contribution in [0.4, 0.5) is 0 Å². The minimum atomic E-state index is -0.170. The molecule has 0 spiro atoms. The maximum atomic E-state index is 11.3. The third kappa shape index (κ3) is 3.08. The first-order chi connectivity index (χ1) is 6.74. The number of azide groups is 1. The van der Waals surface area contributed by atoms with E-state index in [4.69, 9.17) is 5.53 Å². The molecule has 14 heavy (non-hydrogen) atoms. The molecule has 0 saturated heterocycles. The van der Waals surface area contributed by atoms with Crippen molar-refractivity contribution in [1.82, 2.24) is 4.90 Å². The summed E-state index contributed by atoms with van der Waals surface area (Å²) in [4.78, 5) is 16.5. The summed E-state index contributed by atoms with van der Waals surface area (Å²) in [5.74, 6) is -0.170. The largest absolute Gasteiger partial charge is 0.341 e. The number of carbonyl (C=O) groups excluding carboxylic acids is 1. The van der Waals surface area contributed by atoms with Crippen LogP contribution in [-0.4, -0.2) is 24.4 Å². The first-order valence-electron chi connectivity index (χ1n) is 4.01. The first kappa shape index (κ1) is 10.6. The molecule has 0 aliphatic heterocycles. The highest BCUT2D eigenvalue weighted by molar-refractivity contribution is 7.09. The molecule has 0 atom stereocenters. The van der Waals surface area contributed by atoms with Crippen molar-refractivity contribution in [2.24, 2.45) is 5.11 Å². The number of hydrogen-bond acceptors (Lipinski definition) is 3. The predicted molar refractivity (Wildman–Crippen MR) is 54.8 cm³/mol. The van der Waals surface area contributed by atoms with Crippen LogP contribution in [0, 0.1) is 0 Å². The van der Waals surface area contributed by atoms with Crippen molar-refractivity contribution in [1.29, 1.82) is 0 Å². The van der Waals surface area contributed by atoms with Crippen LogP contribution in [0.15, 0.2) is 22.6 Å². The highest BCUT2D eigenvalue weighted by atomic mass is 32.1. The molecule has 0 aliphatic carbocycles. The molecular formula is C8H10N4OS. The monoisotopic (exact) mass is 210 g/mol. The molecule has 0 saturated carbocycles. The van der Waals surface area contributed by atoms with Gasteiger partial charge in [-0.2, -0.15) is 0 Å². The molecule has 0 aromatic carbocycles. The van der Waals surface area contributed by atoms with Gasteiger partial charge in [-0.15, -0.1) is 11.3 Å². The molecule has 0 fully saturated rings. The van der Waals surface area contributed by atoms with Gasteiger partial charge in [-0.25, -0.2) is 0 Å². The Labute approximate surface area is 85.6 Å². The third-order valence-corrected chi connectivity index (χ3v) is 2.53. The Morgan fingerprint density at radius 3 is 3.14 bits per heavy atom. The van der Waals surface area contributed by atoms with Crippen molar-refractivity contribution in [3.8, 4) is 0 Å². The van der Waals surface area contributed by atoms with Gasteiger partial charge in [0.2, 0.25) is 5.91 Å². The summed E-state index contributed by atoms with van der Waals surface area (Å²) in [6.45, 7) is 0.454. The van der Waals surface area contributed by atoms with Gasteiger partial charge in [-0.1, -0.05) is 11.2 Å². The van der Waals surface area contributed by atoms with E-state index in [9.17, 15) is 4.79 Å². The van der Waals surface area contributed by atoms with Gasteiger partial charge in [-0.05, 0) is 17.0 Å². The highest BCUT2D eigenvalue weighted by Crippen LogP contribution is 2.10. The normalized spacial score (nSPS) is 9.21. The third-order valence-electron chi connectivity index (χ3n) is 1.67. The van der Waals surface area contributed by atoms with Gasteiger partial charge in [0.25, 0.3) is 0 Å². The average molecular weight is 210 g/mol. The smallest absolute Gasteiger partial charge is 0.228 e. The molecule has 1 aromatic rings. The molecule has 6 heteroatoms. The lowest BCUT2D eigenvalue weighted by molar-refractivity contribution is -0.128. The number of amides is 1. The molecule has 0 radical (unpaired) electrons. The fourth-order valence-corrected chi connectivity index (χ4v) is 1.69. The SMILES string of the molecule is CN(Cc1cccs1)C(=O)CN=[N+]=[N-]. The predicted octanol–water partition coefficient (Wildman–Crippen LogP) is 2.02. The van der Waals surface area contributed by atoms with Crippen molar-refractivity contribution in [3.63, 3.8) is 0 Å². The summed E-state index contributed by atoms with van der Waals surface area (Å²) in [5.41, 5.74) is 8.04. The van der Waals surface area contributed by atoms with Crippen molar-refractivity contribution in [3.05, 3.63) is 32.8 Å². The maximum absolute atomic E-state index is 11.3. The molecule has 5 nitrogen and oxygen atoms in total. The zero-order valence-electron chi connectivity index (χ0n) is 7.75. The fraction of sp³-hybridized carbons (Fsp3) is 0.375.